The SMILES string of the molecule is CCCN(CCC)C(C)OP(=O)(O)O. The summed E-state index contributed by atoms with van der Waals surface area (Å²) >= 11 is 0. The Balaban J connectivity index is 4.13. The van der Waals surface area contributed by atoms with E-state index in [1.54, 1.807) is 6.92 Å². The minimum Gasteiger partial charge on any atom is -0.303 e. The first-order valence-corrected chi connectivity index (χ1v) is 6.41. The van der Waals surface area contributed by atoms with Crippen molar-refractivity contribution in [2.24, 2.45) is 0 Å². The summed E-state index contributed by atoms with van der Waals surface area (Å²) in [5.74, 6) is 0. The van der Waals surface area contributed by atoms with Gasteiger partial charge in [-0.05, 0) is 19.8 Å². The smallest absolute Gasteiger partial charge is 0.303 e. The van der Waals surface area contributed by atoms with E-state index in [2.05, 4.69) is 4.52 Å². The highest BCUT2D eigenvalue weighted by atomic mass is 31.2. The third-order valence-corrected chi connectivity index (χ3v) is 2.41. The van der Waals surface area contributed by atoms with Gasteiger partial charge in [0.05, 0.1) is 0 Å². The highest BCUT2D eigenvalue weighted by molar-refractivity contribution is 7.46. The van der Waals surface area contributed by atoms with Crippen molar-refractivity contribution in [2.45, 2.75) is 39.8 Å². The molecular formula is C8H20NO4P. The van der Waals surface area contributed by atoms with E-state index in [4.69, 9.17) is 9.79 Å². The summed E-state index contributed by atoms with van der Waals surface area (Å²) in [5.41, 5.74) is 0. The Morgan fingerprint density at radius 2 is 1.71 bits per heavy atom. The molecule has 0 saturated carbocycles. The van der Waals surface area contributed by atoms with Crippen molar-refractivity contribution in [1.82, 2.24) is 4.90 Å². The Morgan fingerprint density at radius 1 is 1.29 bits per heavy atom. The number of rotatable bonds is 7. The summed E-state index contributed by atoms with van der Waals surface area (Å²) in [4.78, 5) is 19.2. The van der Waals surface area contributed by atoms with Gasteiger partial charge in [-0.15, -0.1) is 0 Å². The van der Waals surface area contributed by atoms with E-state index < -0.39 is 14.1 Å². The molecular weight excluding hydrogens is 205 g/mol. The van der Waals surface area contributed by atoms with Crippen molar-refractivity contribution in [3.8, 4) is 0 Å². The standard InChI is InChI=1S/C8H20NO4P/c1-4-6-9(7-5-2)8(3)13-14(10,11)12/h8H,4-7H2,1-3H3,(H2,10,11,12). The van der Waals surface area contributed by atoms with Crippen LogP contribution in [0.2, 0.25) is 0 Å². The second-order valence-electron chi connectivity index (χ2n) is 3.23. The largest absolute Gasteiger partial charge is 0.471 e. The fourth-order valence-corrected chi connectivity index (χ4v) is 1.85. The average Bonchev–Trinajstić information content (AvgIpc) is 2.01. The van der Waals surface area contributed by atoms with Gasteiger partial charge in [-0.3, -0.25) is 9.42 Å². The molecule has 1 atom stereocenters. The van der Waals surface area contributed by atoms with Gasteiger partial charge >= 0.3 is 7.82 Å². The fraction of sp³-hybridized carbons (Fsp3) is 1.00. The van der Waals surface area contributed by atoms with Crippen molar-refractivity contribution in [1.29, 1.82) is 0 Å². The van der Waals surface area contributed by atoms with Gasteiger partial charge in [0, 0.05) is 13.1 Å². The van der Waals surface area contributed by atoms with Crippen molar-refractivity contribution in [3.05, 3.63) is 0 Å². The van der Waals surface area contributed by atoms with Gasteiger partial charge in [0.1, 0.15) is 6.23 Å². The first-order valence-electron chi connectivity index (χ1n) is 4.88. The van der Waals surface area contributed by atoms with E-state index in [9.17, 15) is 4.57 Å². The lowest BCUT2D eigenvalue weighted by molar-refractivity contribution is 0.0160. The molecule has 5 nitrogen and oxygen atoms in total. The van der Waals surface area contributed by atoms with Gasteiger partial charge in [0.25, 0.3) is 0 Å². The van der Waals surface area contributed by atoms with Crippen LogP contribution in [-0.4, -0.2) is 34.0 Å². The van der Waals surface area contributed by atoms with Crippen molar-refractivity contribution in [3.63, 3.8) is 0 Å². The van der Waals surface area contributed by atoms with Crippen LogP contribution in [0.25, 0.3) is 0 Å². The van der Waals surface area contributed by atoms with E-state index in [-0.39, 0.29) is 0 Å². The van der Waals surface area contributed by atoms with Crippen LogP contribution in [-0.2, 0) is 9.09 Å². The second kappa shape index (κ2) is 6.53. The summed E-state index contributed by atoms with van der Waals surface area (Å²) in [6, 6.07) is 0. The highest BCUT2D eigenvalue weighted by Crippen LogP contribution is 2.38. The molecule has 0 rings (SSSR count). The van der Waals surface area contributed by atoms with Gasteiger partial charge in [0.2, 0.25) is 0 Å². The zero-order chi connectivity index (χ0) is 11.2. The Bertz CT molecular complexity index is 188. The molecule has 0 radical (unpaired) electrons. The van der Waals surface area contributed by atoms with Crippen LogP contribution in [0.1, 0.15) is 33.6 Å². The van der Waals surface area contributed by atoms with Crippen molar-refractivity contribution >= 4 is 7.82 Å². The van der Waals surface area contributed by atoms with Crippen LogP contribution < -0.4 is 0 Å². The Hall–Kier alpha value is 0.0700. The molecule has 0 aromatic rings. The molecule has 0 aromatic heterocycles. The zero-order valence-electron chi connectivity index (χ0n) is 9.01. The third kappa shape index (κ3) is 6.51. The molecule has 0 aliphatic rings. The van der Waals surface area contributed by atoms with Crippen LogP contribution in [0, 0.1) is 0 Å². The Kier molecular flexibility index (Phi) is 6.57. The van der Waals surface area contributed by atoms with Gasteiger partial charge in [-0.25, -0.2) is 4.57 Å². The summed E-state index contributed by atoms with van der Waals surface area (Å²) in [5, 5.41) is 0. The van der Waals surface area contributed by atoms with E-state index in [1.165, 1.54) is 0 Å². The number of hydrogen-bond acceptors (Lipinski definition) is 3. The molecule has 0 bridgehead atoms. The van der Waals surface area contributed by atoms with E-state index >= 15 is 0 Å². The summed E-state index contributed by atoms with van der Waals surface area (Å²) < 4.78 is 15.2. The molecule has 0 aromatic carbocycles. The normalized spacial score (nSPS) is 14.7. The second-order valence-corrected chi connectivity index (χ2v) is 4.42. The maximum Gasteiger partial charge on any atom is 0.471 e. The van der Waals surface area contributed by atoms with Gasteiger partial charge in [-0.1, -0.05) is 13.8 Å². The van der Waals surface area contributed by atoms with Crippen LogP contribution >= 0.6 is 7.82 Å². The lowest BCUT2D eigenvalue weighted by Crippen LogP contribution is -2.35. The zero-order valence-corrected chi connectivity index (χ0v) is 9.91. The monoisotopic (exact) mass is 225 g/mol. The molecule has 0 spiro atoms. The molecule has 6 heteroatoms. The number of hydrogen-bond donors (Lipinski definition) is 2. The van der Waals surface area contributed by atoms with Gasteiger partial charge in [-0.2, -0.15) is 0 Å². The first kappa shape index (κ1) is 14.1. The van der Waals surface area contributed by atoms with Crippen LogP contribution in [0.3, 0.4) is 0 Å². The predicted molar refractivity (Wildman–Crippen MR) is 54.7 cm³/mol. The fourth-order valence-electron chi connectivity index (χ4n) is 1.32. The van der Waals surface area contributed by atoms with Crippen molar-refractivity contribution < 1.29 is 18.9 Å². The Labute approximate surface area is 85.3 Å². The van der Waals surface area contributed by atoms with Gasteiger partial charge < -0.3 is 9.79 Å². The third-order valence-electron chi connectivity index (χ3n) is 1.83. The molecule has 86 valence electrons. The molecule has 0 aliphatic heterocycles. The predicted octanol–water partition coefficient (Wildman–Crippen LogP) is 1.56. The number of phosphoric acid groups is 1. The quantitative estimate of drug-likeness (QED) is 0.508. The minimum atomic E-state index is -4.36. The summed E-state index contributed by atoms with van der Waals surface area (Å²) in [7, 11) is -4.36. The molecule has 14 heavy (non-hydrogen) atoms. The van der Waals surface area contributed by atoms with Crippen molar-refractivity contribution in [2.75, 3.05) is 13.1 Å². The highest BCUT2D eigenvalue weighted by Gasteiger charge is 2.22. The lowest BCUT2D eigenvalue weighted by atomic mass is 10.3. The van der Waals surface area contributed by atoms with E-state index in [0.29, 0.717) is 0 Å². The molecule has 0 fully saturated rings. The van der Waals surface area contributed by atoms with Crippen LogP contribution in [0.5, 0.6) is 0 Å². The molecule has 0 heterocycles. The maximum atomic E-state index is 10.6. The van der Waals surface area contributed by atoms with E-state index in [1.807, 2.05) is 18.7 Å². The molecule has 0 amide bonds. The molecule has 0 aliphatic carbocycles. The Morgan fingerprint density at radius 3 is 2.00 bits per heavy atom. The first-order chi connectivity index (χ1) is 6.40. The number of nitrogens with zero attached hydrogens (tertiary/aromatic N) is 1. The molecule has 0 saturated heterocycles. The topological polar surface area (TPSA) is 70.0 Å². The summed E-state index contributed by atoms with van der Waals surface area (Å²) in [6.07, 6.45) is 1.35. The molecule has 2 N–H and O–H groups in total. The summed E-state index contributed by atoms with van der Waals surface area (Å²) in [6.45, 7) is 7.27. The van der Waals surface area contributed by atoms with Crippen LogP contribution in [0.4, 0.5) is 0 Å². The maximum absolute atomic E-state index is 10.6. The van der Waals surface area contributed by atoms with Gasteiger partial charge in [0.15, 0.2) is 0 Å². The average molecular weight is 225 g/mol. The lowest BCUT2D eigenvalue weighted by Gasteiger charge is -2.27. The molecule has 1 unspecified atom stereocenters. The number of phosphoric ester groups is 1. The minimum absolute atomic E-state index is 0.532. The van der Waals surface area contributed by atoms with E-state index in [0.717, 1.165) is 25.9 Å². The van der Waals surface area contributed by atoms with Crippen LogP contribution in [0.15, 0.2) is 0 Å².